The number of aromatic amines is 1. The largest absolute Gasteiger partial charge is 0.490 e. The molecule has 42 heavy (non-hydrogen) atoms. The van der Waals surface area contributed by atoms with Gasteiger partial charge in [0.2, 0.25) is 0 Å². The topological polar surface area (TPSA) is 119 Å². The molecule has 1 amide bonds. The highest BCUT2D eigenvalue weighted by atomic mass is 35.5. The summed E-state index contributed by atoms with van der Waals surface area (Å²) in [6, 6.07) is 17.6. The van der Waals surface area contributed by atoms with Crippen LogP contribution in [0.4, 0.5) is 19.0 Å². The van der Waals surface area contributed by atoms with Crippen LogP contribution in [0.15, 0.2) is 77.9 Å². The number of carbonyl (C=O) groups excluding carboxylic acids is 1. The number of halogens is 4. The number of carboxylic acids is 1. The van der Waals surface area contributed by atoms with Crippen LogP contribution in [0.2, 0.25) is 5.02 Å². The number of aliphatic carboxylic acids is 1. The minimum Gasteiger partial charge on any atom is -0.475 e. The zero-order valence-corrected chi connectivity index (χ0v) is 23.1. The fourth-order valence-corrected chi connectivity index (χ4v) is 4.54. The lowest BCUT2D eigenvalue weighted by Gasteiger charge is -2.33. The molecule has 13 heteroatoms. The number of H-pyrrole nitrogens is 1. The number of hydrogen-bond donors (Lipinski definition) is 3. The highest BCUT2D eigenvalue weighted by molar-refractivity contribution is 6.31. The molecule has 1 unspecified atom stereocenters. The van der Waals surface area contributed by atoms with Crippen LogP contribution in [-0.2, 0) is 4.79 Å². The Kier molecular flexibility index (Phi) is 9.48. The lowest BCUT2D eigenvalue weighted by molar-refractivity contribution is -0.192. The molecule has 9 nitrogen and oxygen atoms in total. The van der Waals surface area contributed by atoms with Gasteiger partial charge in [-0.1, -0.05) is 41.9 Å². The summed E-state index contributed by atoms with van der Waals surface area (Å²) in [7, 11) is 2.11. The van der Waals surface area contributed by atoms with Gasteiger partial charge >= 0.3 is 12.1 Å². The number of fused-ring (bicyclic) bond motifs is 1. The highest BCUT2D eigenvalue weighted by Gasteiger charge is 2.38. The first-order chi connectivity index (χ1) is 19.9. The number of nitrogens with zero attached hydrogens (tertiary/aromatic N) is 3. The fourth-order valence-electron chi connectivity index (χ4n) is 4.37. The van der Waals surface area contributed by atoms with Gasteiger partial charge in [-0.2, -0.15) is 13.2 Å². The predicted molar refractivity (Wildman–Crippen MR) is 153 cm³/mol. The second kappa shape index (κ2) is 13.0. The van der Waals surface area contributed by atoms with E-state index >= 15 is 0 Å². The number of rotatable bonds is 5. The summed E-state index contributed by atoms with van der Waals surface area (Å²) in [4.78, 5) is 47.7. The number of carboxylic acid groups (broad SMARTS) is 1. The first kappa shape index (κ1) is 30.5. The SMILES string of the molecule is CN1CCN(c2ccc(C(=O)NC(c3ccccc3)c3c[nH]c4cc(Cl)ccc4c3=O)cn2)CC1.O=C(O)C(F)(F)F. The van der Waals surface area contributed by atoms with Crippen molar-refractivity contribution >= 4 is 40.2 Å². The normalized spacial score (nSPS) is 14.5. The number of pyridine rings is 2. The van der Waals surface area contributed by atoms with Crippen LogP contribution in [0.5, 0.6) is 0 Å². The summed E-state index contributed by atoms with van der Waals surface area (Å²) in [6.07, 6.45) is -1.84. The average molecular weight is 602 g/mol. The van der Waals surface area contributed by atoms with Gasteiger partial charge in [0.15, 0.2) is 5.43 Å². The minimum atomic E-state index is -5.08. The molecule has 5 rings (SSSR count). The van der Waals surface area contributed by atoms with E-state index in [1.165, 1.54) is 0 Å². The Morgan fingerprint density at radius 2 is 1.71 bits per heavy atom. The smallest absolute Gasteiger partial charge is 0.475 e. The van der Waals surface area contributed by atoms with E-state index in [4.69, 9.17) is 21.5 Å². The van der Waals surface area contributed by atoms with Gasteiger partial charge in [0.25, 0.3) is 5.91 Å². The number of aromatic nitrogens is 2. The third-order valence-corrected chi connectivity index (χ3v) is 6.91. The van der Waals surface area contributed by atoms with Crippen LogP contribution in [0.1, 0.15) is 27.5 Å². The molecular weight excluding hydrogens is 575 g/mol. The van der Waals surface area contributed by atoms with Crippen LogP contribution in [0.25, 0.3) is 10.9 Å². The molecule has 3 N–H and O–H groups in total. The number of benzene rings is 2. The quantitative estimate of drug-likeness (QED) is 0.309. The highest BCUT2D eigenvalue weighted by Crippen LogP contribution is 2.23. The molecule has 4 aromatic rings. The van der Waals surface area contributed by atoms with Crippen LogP contribution in [-0.4, -0.2) is 71.3 Å². The van der Waals surface area contributed by atoms with Crippen molar-refractivity contribution < 1.29 is 27.9 Å². The third kappa shape index (κ3) is 7.45. The second-order valence-electron chi connectivity index (χ2n) is 9.58. The van der Waals surface area contributed by atoms with Gasteiger partial charge in [0.05, 0.1) is 17.1 Å². The molecular formula is C29H27ClF3N5O4. The van der Waals surface area contributed by atoms with Gasteiger partial charge < -0.3 is 25.2 Å². The maximum atomic E-state index is 13.4. The molecule has 1 aliphatic heterocycles. The van der Waals surface area contributed by atoms with Gasteiger partial charge in [0, 0.05) is 54.5 Å². The van der Waals surface area contributed by atoms with E-state index in [0.717, 1.165) is 37.6 Å². The molecule has 1 atom stereocenters. The Morgan fingerprint density at radius 3 is 2.31 bits per heavy atom. The van der Waals surface area contributed by atoms with E-state index in [1.807, 2.05) is 36.4 Å². The number of piperazine rings is 1. The molecule has 3 heterocycles. The van der Waals surface area contributed by atoms with Crippen molar-refractivity contribution in [3.8, 4) is 0 Å². The van der Waals surface area contributed by atoms with E-state index in [2.05, 4.69) is 32.1 Å². The summed E-state index contributed by atoms with van der Waals surface area (Å²) in [5.74, 6) is -2.20. The monoisotopic (exact) mass is 601 g/mol. The van der Waals surface area contributed by atoms with Crippen molar-refractivity contribution in [2.75, 3.05) is 38.1 Å². The predicted octanol–water partition coefficient (Wildman–Crippen LogP) is 4.48. The summed E-state index contributed by atoms with van der Waals surface area (Å²) >= 11 is 6.08. The number of carbonyl (C=O) groups is 2. The standard InChI is InChI=1S/C27H26ClN5O2.C2HF3O2/c1-32-11-13-33(14-12-32)24-10-7-19(16-30-24)27(35)31-25(18-5-3-2-4-6-18)22-17-29-23-15-20(28)8-9-21(23)26(22)34;3-2(4,5)1(6)7/h2-10,15-17,25H,11-14H2,1H3,(H,29,34)(H,31,35);(H,6,7). The summed E-state index contributed by atoms with van der Waals surface area (Å²) in [6.45, 7) is 3.77. The van der Waals surface area contributed by atoms with Crippen LogP contribution < -0.4 is 15.6 Å². The lowest BCUT2D eigenvalue weighted by atomic mass is 9.98. The summed E-state index contributed by atoms with van der Waals surface area (Å²) in [5, 5.41) is 11.2. The van der Waals surface area contributed by atoms with Crippen molar-refractivity contribution in [3.05, 3.63) is 105 Å². The van der Waals surface area contributed by atoms with Crippen LogP contribution in [0, 0.1) is 0 Å². The van der Waals surface area contributed by atoms with E-state index < -0.39 is 18.2 Å². The van der Waals surface area contributed by atoms with E-state index in [9.17, 15) is 22.8 Å². The van der Waals surface area contributed by atoms with Gasteiger partial charge in [-0.05, 0) is 42.9 Å². The van der Waals surface area contributed by atoms with Gasteiger partial charge in [0.1, 0.15) is 5.82 Å². The third-order valence-electron chi connectivity index (χ3n) is 6.67. The number of alkyl halides is 3. The van der Waals surface area contributed by atoms with Crippen molar-refractivity contribution in [1.82, 2.24) is 20.2 Å². The molecule has 1 fully saturated rings. The maximum absolute atomic E-state index is 13.4. The number of amides is 1. The Hall–Kier alpha value is -4.42. The first-order valence-corrected chi connectivity index (χ1v) is 13.2. The number of anilines is 1. The van der Waals surface area contributed by atoms with Gasteiger partial charge in [-0.3, -0.25) is 9.59 Å². The van der Waals surface area contributed by atoms with E-state index in [-0.39, 0.29) is 11.3 Å². The lowest BCUT2D eigenvalue weighted by Crippen LogP contribution is -2.44. The molecule has 220 valence electrons. The molecule has 0 radical (unpaired) electrons. The second-order valence-corrected chi connectivity index (χ2v) is 10.0. The number of likely N-dealkylation sites (N-methyl/N-ethyl adjacent to an activating group) is 1. The van der Waals surface area contributed by atoms with E-state index in [0.29, 0.717) is 27.1 Å². The van der Waals surface area contributed by atoms with Crippen LogP contribution >= 0.6 is 11.6 Å². The van der Waals surface area contributed by atoms with Crippen molar-refractivity contribution in [3.63, 3.8) is 0 Å². The maximum Gasteiger partial charge on any atom is 0.490 e. The van der Waals surface area contributed by atoms with Gasteiger partial charge in [-0.15, -0.1) is 0 Å². The van der Waals surface area contributed by atoms with Gasteiger partial charge in [-0.25, -0.2) is 9.78 Å². The Bertz CT molecular complexity index is 1610. The minimum absolute atomic E-state index is 0.159. The molecule has 0 saturated carbocycles. The molecule has 2 aromatic carbocycles. The zero-order chi connectivity index (χ0) is 30.4. The Balaban J connectivity index is 0.000000517. The first-order valence-electron chi connectivity index (χ1n) is 12.8. The number of nitrogens with one attached hydrogen (secondary N) is 2. The van der Waals surface area contributed by atoms with Crippen molar-refractivity contribution in [2.45, 2.75) is 12.2 Å². The van der Waals surface area contributed by atoms with Crippen molar-refractivity contribution in [2.24, 2.45) is 0 Å². The average Bonchev–Trinajstić information content (AvgIpc) is 2.97. The Morgan fingerprint density at radius 1 is 1.05 bits per heavy atom. The zero-order valence-electron chi connectivity index (χ0n) is 22.4. The Labute approximate surface area is 243 Å². The number of hydrogen-bond acceptors (Lipinski definition) is 6. The molecule has 0 bridgehead atoms. The molecule has 1 saturated heterocycles. The molecule has 2 aromatic heterocycles. The fraction of sp³-hybridized carbons (Fsp3) is 0.241. The molecule has 0 spiro atoms. The van der Waals surface area contributed by atoms with Crippen molar-refractivity contribution in [1.29, 1.82) is 0 Å². The molecule has 1 aliphatic rings. The molecule has 0 aliphatic carbocycles. The summed E-state index contributed by atoms with van der Waals surface area (Å²) < 4.78 is 31.7. The summed E-state index contributed by atoms with van der Waals surface area (Å²) in [5.41, 5.74) is 2.18. The van der Waals surface area contributed by atoms with Crippen LogP contribution in [0.3, 0.4) is 0 Å². The van der Waals surface area contributed by atoms with E-state index in [1.54, 1.807) is 36.7 Å².